The minimum Gasteiger partial charge on any atom is -0.382 e. The second kappa shape index (κ2) is 7.09. The van der Waals surface area contributed by atoms with Gasteiger partial charge in [-0.1, -0.05) is 0 Å². The highest BCUT2D eigenvalue weighted by molar-refractivity contribution is 5.29. The molecule has 0 amide bonds. The average Bonchev–Trinajstić information content (AvgIpc) is 2.98. The zero-order valence-electron chi connectivity index (χ0n) is 12.5. The highest BCUT2D eigenvalue weighted by Crippen LogP contribution is 2.10. The molecule has 0 fully saturated rings. The second-order valence-corrected chi connectivity index (χ2v) is 4.78. The van der Waals surface area contributed by atoms with E-state index in [0.717, 1.165) is 43.5 Å². The summed E-state index contributed by atoms with van der Waals surface area (Å²) in [6.45, 7) is 7.17. The summed E-state index contributed by atoms with van der Waals surface area (Å²) in [5.41, 5.74) is 2.03. The largest absolute Gasteiger partial charge is 0.382 e. The van der Waals surface area contributed by atoms with E-state index in [4.69, 9.17) is 4.74 Å². The standard InChI is InChI=1S/C14H23N5O/c1-4-20-9-5-7-19-11-12(2)16-14(19)15-10-13-6-8-18(3)17-13/h6,8,11H,4-5,7,9-10H2,1-3H3,(H,15,16). The van der Waals surface area contributed by atoms with Gasteiger partial charge in [-0.05, 0) is 26.3 Å². The maximum absolute atomic E-state index is 5.37. The van der Waals surface area contributed by atoms with Crippen LogP contribution in [0, 0.1) is 6.92 Å². The van der Waals surface area contributed by atoms with Crippen molar-refractivity contribution >= 4 is 5.95 Å². The fourth-order valence-electron chi connectivity index (χ4n) is 2.07. The predicted molar refractivity (Wildman–Crippen MR) is 78.6 cm³/mol. The van der Waals surface area contributed by atoms with E-state index in [1.807, 2.05) is 33.2 Å². The summed E-state index contributed by atoms with van der Waals surface area (Å²) in [6, 6.07) is 2.00. The molecule has 2 heterocycles. The van der Waals surface area contributed by atoms with Gasteiger partial charge in [0.15, 0.2) is 0 Å². The van der Waals surface area contributed by atoms with Crippen LogP contribution < -0.4 is 5.32 Å². The normalized spacial score (nSPS) is 10.9. The Morgan fingerprint density at radius 3 is 2.95 bits per heavy atom. The van der Waals surface area contributed by atoms with Gasteiger partial charge in [0.1, 0.15) is 0 Å². The topological polar surface area (TPSA) is 56.9 Å². The fraction of sp³-hybridized carbons (Fsp3) is 0.571. The summed E-state index contributed by atoms with van der Waals surface area (Å²) >= 11 is 0. The van der Waals surface area contributed by atoms with Gasteiger partial charge in [-0.2, -0.15) is 5.10 Å². The highest BCUT2D eigenvalue weighted by Gasteiger charge is 2.06. The number of nitrogens with one attached hydrogen (secondary N) is 1. The lowest BCUT2D eigenvalue weighted by Gasteiger charge is -2.08. The van der Waals surface area contributed by atoms with E-state index >= 15 is 0 Å². The summed E-state index contributed by atoms with van der Waals surface area (Å²) < 4.78 is 9.31. The van der Waals surface area contributed by atoms with Gasteiger partial charge in [0.05, 0.1) is 17.9 Å². The number of hydrogen-bond donors (Lipinski definition) is 1. The number of imidazole rings is 1. The molecule has 110 valence electrons. The molecule has 0 unspecified atom stereocenters. The number of hydrogen-bond acceptors (Lipinski definition) is 4. The maximum Gasteiger partial charge on any atom is 0.203 e. The van der Waals surface area contributed by atoms with Crippen LogP contribution in [0.3, 0.4) is 0 Å². The van der Waals surface area contributed by atoms with Gasteiger partial charge in [-0.3, -0.25) is 4.68 Å². The molecule has 0 saturated carbocycles. The predicted octanol–water partition coefficient (Wildman–Crippen LogP) is 1.96. The summed E-state index contributed by atoms with van der Waals surface area (Å²) in [5, 5.41) is 7.69. The van der Waals surface area contributed by atoms with Crippen molar-refractivity contribution in [3.8, 4) is 0 Å². The van der Waals surface area contributed by atoms with E-state index in [1.54, 1.807) is 4.68 Å². The van der Waals surface area contributed by atoms with Gasteiger partial charge >= 0.3 is 0 Å². The molecule has 0 aliphatic carbocycles. The van der Waals surface area contributed by atoms with Crippen molar-refractivity contribution in [1.82, 2.24) is 19.3 Å². The van der Waals surface area contributed by atoms with E-state index in [0.29, 0.717) is 6.54 Å². The van der Waals surface area contributed by atoms with Gasteiger partial charge in [-0.25, -0.2) is 4.98 Å². The summed E-state index contributed by atoms with van der Waals surface area (Å²) in [5.74, 6) is 0.893. The molecule has 2 rings (SSSR count). The smallest absolute Gasteiger partial charge is 0.203 e. The minimum atomic E-state index is 0.683. The third kappa shape index (κ3) is 4.09. The van der Waals surface area contributed by atoms with Gasteiger partial charge in [0.25, 0.3) is 0 Å². The van der Waals surface area contributed by atoms with Crippen LogP contribution in [0.5, 0.6) is 0 Å². The van der Waals surface area contributed by atoms with Crippen LogP contribution in [0.15, 0.2) is 18.5 Å². The molecule has 0 aliphatic rings. The van der Waals surface area contributed by atoms with Crippen LogP contribution >= 0.6 is 0 Å². The lowest BCUT2D eigenvalue weighted by Crippen LogP contribution is -2.09. The molecular formula is C14H23N5O. The molecule has 0 aliphatic heterocycles. The SMILES string of the molecule is CCOCCCn1cc(C)nc1NCc1ccn(C)n1. The summed E-state index contributed by atoms with van der Waals surface area (Å²) in [4.78, 5) is 4.51. The minimum absolute atomic E-state index is 0.683. The second-order valence-electron chi connectivity index (χ2n) is 4.78. The van der Waals surface area contributed by atoms with Crippen LogP contribution in [0.2, 0.25) is 0 Å². The summed E-state index contributed by atoms with van der Waals surface area (Å²) in [7, 11) is 1.92. The molecule has 6 nitrogen and oxygen atoms in total. The summed E-state index contributed by atoms with van der Waals surface area (Å²) in [6.07, 6.45) is 4.99. The first kappa shape index (κ1) is 14.6. The molecule has 0 spiro atoms. The van der Waals surface area contributed by atoms with Gasteiger partial charge in [-0.15, -0.1) is 0 Å². The molecule has 0 aromatic carbocycles. The van der Waals surface area contributed by atoms with Crippen molar-refractivity contribution < 1.29 is 4.74 Å². The monoisotopic (exact) mass is 277 g/mol. The Labute approximate surface area is 119 Å². The van der Waals surface area contributed by atoms with Gasteiger partial charge in [0.2, 0.25) is 5.95 Å². The Hall–Kier alpha value is -1.82. The van der Waals surface area contributed by atoms with Crippen molar-refractivity contribution in [2.24, 2.45) is 7.05 Å². The molecule has 1 N–H and O–H groups in total. The van der Waals surface area contributed by atoms with Gasteiger partial charge < -0.3 is 14.6 Å². The van der Waals surface area contributed by atoms with E-state index in [2.05, 4.69) is 26.2 Å². The number of aryl methyl sites for hydroxylation is 3. The third-order valence-electron chi connectivity index (χ3n) is 2.99. The number of aromatic nitrogens is 4. The molecule has 0 atom stereocenters. The maximum atomic E-state index is 5.37. The van der Waals surface area contributed by atoms with E-state index < -0.39 is 0 Å². The Kier molecular flexibility index (Phi) is 5.17. The first-order valence-corrected chi connectivity index (χ1v) is 7.03. The van der Waals surface area contributed by atoms with Crippen molar-refractivity contribution in [2.75, 3.05) is 18.5 Å². The molecular weight excluding hydrogens is 254 g/mol. The third-order valence-corrected chi connectivity index (χ3v) is 2.99. The quantitative estimate of drug-likeness (QED) is 0.749. The molecule has 2 aromatic heterocycles. The molecule has 0 saturated heterocycles. The van der Waals surface area contributed by atoms with Crippen molar-refractivity contribution in [2.45, 2.75) is 33.4 Å². The van der Waals surface area contributed by atoms with Crippen molar-refractivity contribution in [3.63, 3.8) is 0 Å². The van der Waals surface area contributed by atoms with Crippen LogP contribution in [0.4, 0.5) is 5.95 Å². The average molecular weight is 277 g/mol. The van der Waals surface area contributed by atoms with Gasteiger partial charge in [0, 0.05) is 39.2 Å². The van der Waals surface area contributed by atoms with Crippen LogP contribution in [0.1, 0.15) is 24.7 Å². The molecule has 0 bridgehead atoms. The fourth-order valence-corrected chi connectivity index (χ4v) is 2.07. The first-order chi connectivity index (χ1) is 9.69. The lowest BCUT2D eigenvalue weighted by molar-refractivity contribution is 0.142. The molecule has 0 radical (unpaired) electrons. The van der Waals surface area contributed by atoms with E-state index in [1.165, 1.54) is 0 Å². The Bertz CT molecular complexity index is 531. The molecule has 6 heteroatoms. The zero-order chi connectivity index (χ0) is 14.4. The van der Waals surface area contributed by atoms with Crippen LogP contribution in [-0.2, 0) is 24.9 Å². The van der Waals surface area contributed by atoms with E-state index in [-0.39, 0.29) is 0 Å². The number of ether oxygens (including phenoxy) is 1. The number of nitrogens with zero attached hydrogens (tertiary/aromatic N) is 4. The van der Waals surface area contributed by atoms with E-state index in [9.17, 15) is 0 Å². The van der Waals surface area contributed by atoms with Crippen molar-refractivity contribution in [1.29, 1.82) is 0 Å². The Morgan fingerprint density at radius 2 is 2.25 bits per heavy atom. The first-order valence-electron chi connectivity index (χ1n) is 7.03. The van der Waals surface area contributed by atoms with Crippen LogP contribution in [-0.4, -0.2) is 32.5 Å². The number of rotatable bonds is 8. The molecule has 20 heavy (non-hydrogen) atoms. The Balaban J connectivity index is 1.89. The van der Waals surface area contributed by atoms with Crippen molar-refractivity contribution in [3.05, 3.63) is 29.8 Å². The molecule has 2 aromatic rings. The Morgan fingerprint density at radius 1 is 1.40 bits per heavy atom. The highest BCUT2D eigenvalue weighted by atomic mass is 16.5. The van der Waals surface area contributed by atoms with Crippen LogP contribution in [0.25, 0.3) is 0 Å². The number of anilines is 1. The lowest BCUT2D eigenvalue weighted by atomic mass is 10.4. The zero-order valence-corrected chi connectivity index (χ0v) is 12.5.